The van der Waals surface area contributed by atoms with Crippen molar-refractivity contribution in [3.8, 4) is 28.7 Å². The number of nitrogens with zero attached hydrogens (tertiary/aromatic N) is 5. The Labute approximate surface area is 222 Å². The molecule has 0 atom stereocenters. The number of esters is 1. The van der Waals surface area contributed by atoms with Crippen LogP contribution in [0.1, 0.15) is 25.6 Å². The molecule has 1 aromatic carbocycles. The SMILES string of the molecule is CC1(C(=O)OCC#N)COC(C(N)=O)(c2nc(-c3ccc(F)cc3)c(-c3ccnc(N4CCCC4)n3)[nH]2)OC1. The van der Waals surface area contributed by atoms with Gasteiger partial charge in [0.25, 0.3) is 5.91 Å². The van der Waals surface area contributed by atoms with Gasteiger partial charge in [-0.05, 0) is 50.1 Å². The molecule has 3 aromatic rings. The summed E-state index contributed by atoms with van der Waals surface area (Å²) in [5, 5.41) is 8.72. The Kier molecular flexibility index (Phi) is 6.98. The fourth-order valence-electron chi connectivity index (χ4n) is 4.48. The Morgan fingerprint density at radius 1 is 1.18 bits per heavy atom. The lowest BCUT2D eigenvalue weighted by molar-refractivity contribution is -0.293. The number of nitrogens with one attached hydrogen (secondary N) is 1. The van der Waals surface area contributed by atoms with Crippen LogP contribution in [0, 0.1) is 22.6 Å². The van der Waals surface area contributed by atoms with Gasteiger partial charge in [-0.15, -0.1) is 0 Å². The van der Waals surface area contributed by atoms with Crippen molar-refractivity contribution in [3.63, 3.8) is 0 Å². The molecule has 0 spiro atoms. The van der Waals surface area contributed by atoms with Gasteiger partial charge in [-0.2, -0.15) is 5.26 Å². The van der Waals surface area contributed by atoms with E-state index in [0.717, 1.165) is 25.9 Å². The molecule has 0 unspecified atom stereocenters. The Bertz CT molecular complexity index is 1420. The van der Waals surface area contributed by atoms with Crippen molar-refractivity contribution in [3.05, 3.63) is 48.2 Å². The molecule has 5 rings (SSSR count). The fraction of sp³-hybridized carbons (Fsp3) is 0.385. The normalized spacial score (nSPS) is 22.8. The number of ether oxygens (including phenoxy) is 3. The van der Waals surface area contributed by atoms with Gasteiger partial charge < -0.3 is 29.8 Å². The fourth-order valence-corrected chi connectivity index (χ4v) is 4.48. The Balaban J connectivity index is 1.56. The maximum atomic E-state index is 13.7. The average molecular weight is 536 g/mol. The summed E-state index contributed by atoms with van der Waals surface area (Å²) in [6.45, 7) is 2.17. The molecule has 3 N–H and O–H groups in total. The van der Waals surface area contributed by atoms with Crippen molar-refractivity contribution in [1.29, 1.82) is 5.26 Å². The van der Waals surface area contributed by atoms with E-state index in [1.807, 2.05) is 0 Å². The maximum absolute atomic E-state index is 13.7. The third kappa shape index (κ3) is 4.91. The van der Waals surface area contributed by atoms with Crippen molar-refractivity contribution in [2.24, 2.45) is 11.1 Å². The van der Waals surface area contributed by atoms with E-state index in [0.29, 0.717) is 28.6 Å². The van der Waals surface area contributed by atoms with Gasteiger partial charge in [0.15, 0.2) is 12.4 Å². The number of carbonyl (C=O) groups excluding carboxylic acids is 2. The standard InChI is InChI=1S/C26H26FN7O5/c1-25(23(36)37-13-9-28)14-38-26(21(29)35,39-15-25)22-32-19(16-4-6-17(27)7-5-16)20(33-22)18-8-10-30-24(31-18)34-11-2-3-12-34/h4-8,10H,2-3,11-15H2,1H3,(H2,29,35)(H,32,33). The summed E-state index contributed by atoms with van der Waals surface area (Å²) in [7, 11) is 0. The van der Waals surface area contributed by atoms with E-state index >= 15 is 0 Å². The monoisotopic (exact) mass is 535 g/mol. The molecule has 2 saturated heterocycles. The number of anilines is 1. The van der Waals surface area contributed by atoms with Gasteiger partial charge in [-0.3, -0.25) is 9.59 Å². The second-order valence-electron chi connectivity index (χ2n) is 9.61. The van der Waals surface area contributed by atoms with Crippen molar-refractivity contribution in [2.45, 2.75) is 25.6 Å². The largest absolute Gasteiger partial charge is 0.450 e. The lowest BCUT2D eigenvalue weighted by Crippen LogP contribution is -2.56. The van der Waals surface area contributed by atoms with Crippen LogP contribution in [0.4, 0.5) is 10.3 Å². The Hall–Kier alpha value is -4.41. The molecular weight excluding hydrogens is 509 g/mol. The number of nitriles is 1. The molecule has 39 heavy (non-hydrogen) atoms. The summed E-state index contributed by atoms with van der Waals surface area (Å²) in [4.78, 5) is 44.1. The summed E-state index contributed by atoms with van der Waals surface area (Å²) in [5.41, 5.74) is 6.24. The molecule has 4 heterocycles. The van der Waals surface area contributed by atoms with E-state index in [-0.39, 0.29) is 19.0 Å². The summed E-state index contributed by atoms with van der Waals surface area (Å²) >= 11 is 0. The van der Waals surface area contributed by atoms with Crippen LogP contribution in [-0.4, -0.2) is 64.7 Å². The van der Waals surface area contributed by atoms with E-state index in [1.54, 1.807) is 30.5 Å². The number of rotatable bonds is 7. The van der Waals surface area contributed by atoms with Gasteiger partial charge in [0.05, 0.1) is 30.3 Å². The average Bonchev–Trinajstić information content (AvgIpc) is 3.64. The second-order valence-corrected chi connectivity index (χ2v) is 9.61. The number of hydrogen-bond acceptors (Lipinski definition) is 10. The molecule has 13 heteroatoms. The van der Waals surface area contributed by atoms with E-state index < -0.39 is 35.5 Å². The third-order valence-corrected chi connectivity index (χ3v) is 6.69. The topological polar surface area (TPSA) is 169 Å². The zero-order valence-corrected chi connectivity index (χ0v) is 21.1. The molecular formula is C26H26FN7O5. The Morgan fingerprint density at radius 3 is 2.51 bits per heavy atom. The lowest BCUT2D eigenvalue weighted by atomic mass is 9.91. The number of amides is 1. The number of hydrogen-bond donors (Lipinski definition) is 2. The molecule has 2 aromatic heterocycles. The number of primary amides is 1. The quantitative estimate of drug-likeness (QED) is 0.427. The van der Waals surface area contributed by atoms with E-state index in [4.69, 9.17) is 30.2 Å². The van der Waals surface area contributed by atoms with Crippen LogP contribution < -0.4 is 10.6 Å². The van der Waals surface area contributed by atoms with Crippen molar-refractivity contribution < 1.29 is 28.2 Å². The minimum Gasteiger partial charge on any atom is -0.450 e. The van der Waals surface area contributed by atoms with Gasteiger partial charge in [0.1, 0.15) is 17.3 Å². The molecule has 1 amide bonds. The maximum Gasteiger partial charge on any atom is 0.317 e. The third-order valence-electron chi connectivity index (χ3n) is 6.69. The second kappa shape index (κ2) is 10.4. The van der Waals surface area contributed by atoms with Crippen LogP contribution in [0.5, 0.6) is 0 Å². The molecule has 2 aliphatic heterocycles. The Morgan fingerprint density at radius 2 is 1.87 bits per heavy atom. The minimum atomic E-state index is -2.16. The van der Waals surface area contributed by atoms with Crippen LogP contribution in [0.2, 0.25) is 0 Å². The molecule has 2 aliphatic rings. The summed E-state index contributed by atoms with van der Waals surface area (Å²) < 4.78 is 30.3. The number of aromatic amines is 1. The first-order chi connectivity index (χ1) is 18.8. The molecule has 12 nitrogen and oxygen atoms in total. The molecule has 0 saturated carbocycles. The first kappa shape index (κ1) is 26.2. The highest BCUT2D eigenvalue weighted by atomic mass is 19.1. The van der Waals surface area contributed by atoms with Gasteiger partial charge in [-0.1, -0.05) is 0 Å². The van der Waals surface area contributed by atoms with Gasteiger partial charge in [0.2, 0.25) is 5.95 Å². The van der Waals surface area contributed by atoms with E-state index in [2.05, 4.69) is 19.9 Å². The highest BCUT2D eigenvalue weighted by Crippen LogP contribution is 2.39. The number of aromatic nitrogens is 4. The summed E-state index contributed by atoms with van der Waals surface area (Å²) in [5.74, 6) is -3.83. The number of halogens is 1. The molecule has 2 fully saturated rings. The zero-order chi connectivity index (χ0) is 27.6. The van der Waals surface area contributed by atoms with E-state index in [9.17, 15) is 14.0 Å². The van der Waals surface area contributed by atoms with Crippen LogP contribution in [-0.2, 0) is 29.6 Å². The first-order valence-electron chi connectivity index (χ1n) is 12.3. The van der Waals surface area contributed by atoms with Gasteiger partial charge in [0, 0.05) is 24.8 Å². The van der Waals surface area contributed by atoms with Gasteiger partial charge in [-0.25, -0.2) is 19.3 Å². The van der Waals surface area contributed by atoms with Crippen LogP contribution in [0.25, 0.3) is 22.6 Å². The highest BCUT2D eigenvalue weighted by Gasteiger charge is 2.54. The van der Waals surface area contributed by atoms with Crippen molar-refractivity contribution in [2.75, 3.05) is 37.8 Å². The molecule has 0 aliphatic carbocycles. The number of imidazole rings is 1. The predicted molar refractivity (Wildman–Crippen MR) is 134 cm³/mol. The highest BCUT2D eigenvalue weighted by molar-refractivity contribution is 5.85. The summed E-state index contributed by atoms with van der Waals surface area (Å²) in [6.07, 6.45) is 3.71. The number of nitrogens with two attached hydrogens (primary N) is 1. The number of carbonyl (C=O) groups is 2. The number of benzene rings is 1. The zero-order valence-electron chi connectivity index (χ0n) is 21.1. The van der Waals surface area contributed by atoms with Crippen LogP contribution in [0.15, 0.2) is 36.5 Å². The predicted octanol–water partition coefficient (Wildman–Crippen LogP) is 2.03. The summed E-state index contributed by atoms with van der Waals surface area (Å²) in [6, 6.07) is 9.09. The smallest absolute Gasteiger partial charge is 0.317 e. The van der Waals surface area contributed by atoms with Crippen molar-refractivity contribution in [1.82, 2.24) is 19.9 Å². The van der Waals surface area contributed by atoms with Crippen LogP contribution >= 0.6 is 0 Å². The van der Waals surface area contributed by atoms with Crippen molar-refractivity contribution >= 4 is 17.8 Å². The molecule has 202 valence electrons. The lowest BCUT2D eigenvalue weighted by Gasteiger charge is -2.40. The minimum absolute atomic E-state index is 0.0712. The molecule has 0 bridgehead atoms. The van der Waals surface area contributed by atoms with Crippen LogP contribution in [0.3, 0.4) is 0 Å². The van der Waals surface area contributed by atoms with E-state index in [1.165, 1.54) is 19.1 Å². The van der Waals surface area contributed by atoms with Gasteiger partial charge >= 0.3 is 11.8 Å². The molecule has 0 radical (unpaired) electrons. The number of H-pyrrole nitrogens is 1. The first-order valence-corrected chi connectivity index (χ1v) is 12.3.